The zero-order valence-electron chi connectivity index (χ0n) is 12.3. The molecule has 2 rings (SSSR count). The fourth-order valence-electron chi connectivity index (χ4n) is 1.25. The lowest BCUT2D eigenvalue weighted by atomic mass is 10.2. The maximum Gasteiger partial charge on any atom is 0.469 e. The molecule has 0 radical (unpaired) electrons. The van der Waals surface area contributed by atoms with Gasteiger partial charge in [-0.3, -0.25) is 4.52 Å². The molecule has 0 aliphatic carbocycles. The molecule has 9 heteroatoms. The zero-order valence-corrected chi connectivity index (χ0v) is 14.0. The van der Waals surface area contributed by atoms with Crippen LogP contribution in [0.2, 0.25) is 0 Å². The lowest BCUT2D eigenvalue weighted by molar-refractivity contribution is 0.208. The summed E-state index contributed by atoms with van der Waals surface area (Å²) in [5, 5.41) is 0.951. The van der Waals surface area contributed by atoms with Gasteiger partial charge in [0.05, 0.1) is 6.61 Å². The quantitative estimate of drug-likeness (QED) is 0.434. The molecule has 0 saturated heterocycles. The van der Waals surface area contributed by atoms with Gasteiger partial charge in [0.2, 0.25) is 0 Å². The van der Waals surface area contributed by atoms with Crippen molar-refractivity contribution in [1.82, 2.24) is 0 Å². The molecule has 1 aromatic heterocycles. The molecule has 0 unspecified atom stereocenters. The van der Waals surface area contributed by atoms with Crippen LogP contribution in [0.3, 0.4) is 0 Å². The van der Waals surface area contributed by atoms with Gasteiger partial charge in [0, 0.05) is 17.2 Å². The van der Waals surface area contributed by atoms with Crippen LogP contribution >= 0.6 is 19.6 Å². The van der Waals surface area contributed by atoms with E-state index in [0.717, 1.165) is 5.39 Å². The van der Waals surface area contributed by atoms with Gasteiger partial charge in [-0.2, -0.15) is 11.8 Å². The van der Waals surface area contributed by atoms with E-state index in [1.54, 1.807) is 12.1 Å². The highest BCUT2D eigenvalue weighted by atomic mass is 32.2. The third-order valence-corrected chi connectivity index (χ3v) is 3.17. The molecule has 4 N–H and O–H groups in total. The molecule has 0 bridgehead atoms. The number of rotatable bonds is 4. The second-order valence-corrected chi connectivity index (χ2v) is 5.83. The smallest absolute Gasteiger partial charge is 0.423 e. The zero-order chi connectivity index (χ0) is 17.0. The molecule has 0 amide bonds. The summed E-state index contributed by atoms with van der Waals surface area (Å²) in [6, 6.07) is 10.6. The maximum atomic E-state index is 10.7. The van der Waals surface area contributed by atoms with Gasteiger partial charge < -0.3 is 19.9 Å². The number of benzene rings is 1. The number of thioether (sulfide) groups is 1. The lowest BCUT2D eigenvalue weighted by Crippen LogP contribution is -1.93. The minimum atomic E-state index is -4.21. The summed E-state index contributed by atoms with van der Waals surface area (Å²) in [6.07, 6.45) is 1.84. The molecule has 124 valence electrons. The summed E-state index contributed by atoms with van der Waals surface area (Å²) in [4.78, 5) is 27.0. The average molecular weight is 349 g/mol. The first-order valence-corrected chi connectivity index (χ1v) is 9.10. The van der Waals surface area contributed by atoms with E-state index in [9.17, 15) is 9.36 Å². The molecule has 2 aromatic rings. The fourth-order valence-corrected chi connectivity index (χ4v) is 1.95. The van der Waals surface area contributed by atoms with Gasteiger partial charge >= 0.3 is 13.4 Å². The van der Waals surface area contributed by atoms with Crippen LogP contribution in [0.1, 0.15) is 0 Å². The molecular weight excluding hydrogens is 329 g/mol. The van der Waals surface area contributed by atoms with Crippen LogP contribution in [0.25, 0.3) is 11.0 Å². The molecule has 0 aliphatic heterocycles. The van der Waals surface area contributed by atoms with E-state index in [4.69, 9.17) is 14.2 Å². The molecule has 0 spiro atoms. The first-order valence-electron chi connectivity index (χ1n) is 6.18. The molecule has 1 heterocycles. The summed E-state index contributed by atoms with van der Waals surface area (Å²) >= 11 is 1.47. The highest BCUT2D eigenvalue weighted by Gasteiger charge is 2.11. The minimum absolute atomic E-state index is 0.103. The minimum Gasteiger partial charge on any atom is -0.423 e. The van der Waals surface area contributed by atoms with E-state index in [2.05, 4.69) is 10.3 Å². The van der Waals surface area contributed by atoms with Gasteiger partial charge in [0.1, 0.15) is 5.58 Å². The van der Waals surface area contributed by atoms with Crippen LogP contribution in [0.4, 0.5) is 0 Å². The Morgan fingerprint density at radius 3 is 2.45 bits per heavy atom. The number of phosphoric ester groups is 1. The lowest BCUT2D eigenvalue weighted by Gasteiger charge is -2.01. The van der Waals surface area contributed by atoms with Gasteiger partial charge in [0.25, 0.3) is 0 Å². The van der Waals surface area contributed by atoms with Crippen molar-refractivity contribution < 1.29 is 23.3 Å². The Balaban J connectivity index is 0.000000369. The SMILES string of the molecule is CN.CSCCOP(=O)(O)O.O=c1ccc2ccccc2o1. The van der Waals surface area contributed by atoms with Crippen LogP contribution in [-0.4, -0.2) is 35.4 Å². The Labute approximate surface area is 132 Å². The number of phosphoric acid groups is 1. The van der Waals surface area contributed by atoms with Gasteiger partial charge in [-0.15, -0.1) is 0 Å². The Kier molecular flexibility index (Phi) is 10.8. The van der Waals surface area contributed by atoms with E-state index < -0.39 is 7.82 Å². The van der Waals surface area contributed by atoms with Crippen molar-refractivity contribution in [3.8, 4) is 0 Å². The molecule has 1 aromatic carbocycles. The maximum absolute atomic E-state index is 10.7. The van der Waals surface area contributed by atoms with Crippen LogP contribution in [0.5, 0.6) is 0 Å². The van der Waals surface area contributed by atoms with E-state index in [1.165, 1.54) is 24.9 Å². The molecule has 0 atom stereocenters. The topological polar surface area (TPSA) is 123 Å². The van der Waals surface area contributed by atoms with E-state index in [1.807, 2.05) is 24.5 Å². The summed E-state index contributed by atoms with van der Waals surface area (Å²) < 4.78 is 19.0. The monoisotopic (exact) mass is 349 g/mol. The number of hydrogen-bond acceptors (Lipinski definition) is 6. The predicted octanol–water partition coefficient (Wildman–Crippen LogP) is 1.83. The number of nitrogens with two attached hydrogens (primary N) is 1. The van der Waals surface area contributed by atoms with E-state index in [0.29, 0.717) is 11.3 Å². The second kappa shape index (κ2) is 11.4. The number of hydrogen-bond donors (Lipinski definition) is 3. The molecule has 22 heavy (non-hydrogen) atoms. The van der Waals surface area contributed by atoms with Gasteiger partial charge in [-0.25, -0.2) is 9.36 Å². The van der Waals surface area contributed by atoms with Gasteiger partial charge in [-0.05, 0) is 25.4 Å². The standard InChI is InChI=1S/C9H6O2.C3H9O4PS.CH5N/c10-9-6-5-7-3-1-2-4-8(7)11-9;1-9-3-2-7-8(4,5)6;1-2/h1-6H;2-3H2,1H3,(H2,4,5,6);2H2,1H3. The van der Waals surface area contributed by atoms with Crippen molar-refractivity contribution in [1.29, 1.82) is 0 Å². The van der Waals surface area contributed by atoms with Crippen LogP contribution in [0.15, 0.2) is 45.6 Å². The fraction of sp³-hybridized carbons (Fsp3) is 0.308. The molecule has 0 aliphatic rings. The van der Waals surface area contributed by atoms with E-state index in [-0.39, 0.29) is 12.2 Å². The second-order valence-electron chi connectivity index (χ2n) is 3.61. The van der Waals surface area contributed by atoms with Crippen molar-refractivity contribution >= 4 is 30.6 Å². The molecule has 0 saturated carbocycles. The summed E-state index contributed by atoms with van der Waals surface area (Å²) in [5.41, 5.74) is 4.84. The highest BCUT2D eigenvalue weighted by Crippen LogP contribution is 2.35. The predicted molar refractivity (Wildman–Crippen MR) is 89.0 cm³/mol. The molecular formula is C13H20NO6PS. The summed E-state index contributed by atoms with van der Waals surface area (Å²) in [6.45, 7) is 0.103. The Morgan fingerprint density at radius 2 is 1.86 bits per heavy atom. The Morgan fingerprint density at radius 1 is 1.23 bits per heavy atom. The third kappa shape index (κ3) is 9.73. The first kappa shape index (κ1) is 20.9. The average Bonchev–Trinajstić information content (AvgIpc) is 2.49. The summed E-state index contributed by atoms with van der Waals surface area (Å²) in [7, 11) is -2.71. The van der Waals surface area contributed by atoms with Crippen molar-refractivity contribution in [3.05, 3.63) is 46.8 Å². The van der Waals surface area contributed by atoms with Crippen LogP contribution < -0.4 is 11.4 Å². The third-order valence-electron chi connectivity index (χ3n) is 2.08. The summed E-state index contributed by atoms with van der Waals surface area (Å²) in [5.74, 6) is 0.602. The van der Waals surface area contributed by atoms with Gasteiger partial charge in [0.15, 0.2) is 0 Å². The molecule has 0 fully saturated rings. The highest BCUT2D eigenvalue weighted by molar-refractivity contribution is 7.98. The van der Waals surface area contributed by atoms with Gasteiger partial charge in [-0.1, -0.05) is 18.2 Å². The first-order chi connectivity index (χ1) is 10.4. The molecule has 7 nitrogen and oxygen atoms in total. The normalized spacial score (nSPS) is 10.2. The van der Waals surface area contributed by atoms with Crippen molar-refractivity contribution in [3.63, 3.8) is 0 Å². The Bertz CT molecular complexity index is 641. The number of fused-ring (bicyclic) bond motifs is 1. The van der Waals surface area contributed by atoms with Crippen LogP contribution in [0, 0.1) is 0 Å². The van der Waals surface area contributed by atoms with Crippen molar-refractivity contribution in [2.75, 3.05) is 25.7 Å². The largest absolute Gasteiger partial charge is 0.469 e. The number of para-hydroxylation sites is 1. The Hall–Kier alpha value is -1.15. The van der Waals surface area contributed by atoms with E-state index >= 15 is 0 Å². The van der Waals surface area contributed by atoms with Crippen LogP contribution in [-0.2, 0) is 9.09 Å². The van der Waals surface area contributed by atoms with Crippen molar-refractivity contribution in [2.45, 2.75) is 0 Å². The van der Waals surface area contributed by atoms with Crippen molar-refractivity contribution in [2.24, 2.45) is 5.73 Å².